The van der Waals surface area contributed by atoms with Gasteiger partial charge in [0.25, 0.3) is 0 Å². The van der Waals surface area contributed by atoms with Crippen LogP contribution in [0.5, 0.6) is 0 Å². The molecule has 2 N–H and O–H groups in total. The second-order valence-electron chi connectivity index (χ2n) is 7.07. The molecule has 108 valence electrons. The van der Waals surface area contributed by atoms with Gasteiger partial charge >= 0.3 is 0 Å². The van der Waals surface area contributed by atoms with E-state index in [9.17, 15) is 0 Å². The second kappa shape index (κ2) is 5.10. The van der Waals surface area contributed by atoms with Gasteiger partial charge in [0.05, 0.1) is 16.7 Å². The summed E-state index contributed by atoms with van der Waals surface area (Å²) in [4.78, 5) is 2.56. The normalized spacial score (nSPS) is 30.3. The summed E-state index contributed by atoms with van der Waals surface area (Å²) in [7, 11) is 0. The Morgan fingerprint density at radius 1 is 1.22 bits per heavy atom. The lowest BCUT2D eigenvalue weighted by molar-refractivity contribution is -0.109. The maximum Gasteiger partial charge on any atom is 0.0830 e. The van der Waals surface area contributed by atoms with Gasteiger partial charge in [-0.3, -0.25) is 4.90 Å². The topological polar surface area (TPSA) is 38.5 Å². The van der Waals surface area contributed by atoms with E-state index in [1.807, 2.05) is 0 Å². The van der Waals surface area contributed by atoms with E-state index in [2.05, 4.69) is 53.4 Å². The Kier molecular flexibility index (Phi) is 4.52. The minimum absolute atomic E-state index is 0.0549. The zero-order valence-electron chi connectivity index (χ0n) is 13.3. The predicted molar refractivity (Wildman–Crippen MR) is 77.8 cm³/mol. The fourth-order valence-corrected chi connectivity index (χ4v) is 3.83. The van der Waals surface area contributed by atoms with E-state index in [4.69, 9.17) is 10.5 Å². The highest BCUT2D eigenvalue weighted by molar-refractivity contribution is 5.13. The SMILES string of the molecule is CCCN(C(C)C)C1(CN)CC(C)(C)OC1(C)C. The Morgan fingerprint density at radius 3 is 2.06 bits per heavy atom. The van der Waals surface area contributed by atoms with Crippen molar-refractivity contribution >= 4 is 0 Å². The van der Waals surface area contributed by atoms with Crippen molar-refractivity contribution in [3.05, 3.63) is 0 Å². The van der Waals surface area contributed by atoms with E-state index in [0.29, 0.717) is 12.6 Å². The van der Waals surface area contributed by atoms with Crippen LogP contribution in [0.25, 0.3) is 0 Å². The van der Waals surface area contributed by atoms with Gasteiger partial charge < -0.3 is 10.5 Å². The summed E-state index contributed by atoms with van der Waals surface area (Å²) < 4.78 is 6.30. The largest absolute Gasteiger partial charge is 0.368 e. The van der Waals surface area contributed by atoms with Crippen LogP contribution in [0.15, 0.2) is 0 Å². The summed E-state index contributed by atoms with van der Waals surface area (Å²) in [5, 5.41) is 0. The van der Waals surface area contributed by atoms with Crippen LogP contribution < -0.4 is 5.73 Å². The number of rotatable bonds is 5. The molecule has 0 bridgehead atoms. The molecule has 0 aliphatic carbocycles. The van der Waals surface area contributed by atoms with E-state index in [0.717, 1.165) is 19.4 Å². The first-order chi connectivity index (χ1) is 8.12. The van der Waals surface area contributed by atoms with Gasteiger partial charge in [-0.05, 0) is 60.9 Å². The van der Waals surface area contributed by atoms with Gasteiger partial charge in [-0.1, -0.05) is 6.92 Å². The van der Waals surface area contributed by atoms with Crippen molar-refractivity contribution in [2.75, 3.05) is 13.1 Å². The van der Waals surface area contributed by atoms with Crippen molar-refractivity contribution in [3.63, 3.8) is 0 Å². The Labute approximate surface area is 113 Å². The highest BCUT2D eigenvalue weighted by atomic mass is 16.5. The Bertz CT molecular complexity index is 286. The monoisotopic (exact) mass is 256 g/mol. The fourth-order valence-electron chi connectivity index (χ4n) is 3.83. The summed E-state index contributed by atoms with van der Waals surface area (Å²) in [6, 6.07) is 0.491. The summed E-state index contributed by atoms with van der Waals surface area (Å²) >= 11 is 0. The predicted octanol–water partition coefficient (Wildman–Crippen LogP) is 2.78. The van der Waals surface area contributed by atoms with E-state index in [1.54, 1.807) is 0 Å². The van der Waals surface area contributed by atoms with Gasteiger partial charge in [-0.15, -0.1) is 0 Å². The number of nitrogens with zero attached hydrogens (tertiary/aromatic N) is 1. The Morgan fingerprint density at radius 2 is 1.78 bits per heavy atom. The molecule has 0 spiro atoms. The van der Waals surface area contributed by atoms with Gasteiger partial charge in [0.1, 0.15) is 0 Å². The lowest BCUT2D eigenvalue weighted by atomic mass is 9.76. The third-order valence-corrected chi connectivity index (χ3v) is 4.35. The average Bonchev–Trinajstić information content (AvgIpc) is 2.39. The highest BCUT2D eigenvalue weighted by Gasteiger charge is 2.59. The first kappa shape index (κ1) is 15.9. The lowest BCUT2D eigenvalue weighted by Gasteiger charge is -2.49. The Hall–Kier alpha value is -0.120. The molecule has 3 nitrogen and oxygen atoms in total. The number of hydrogen-bond acceptors (Lipinski definition) is 3. The minimum Gasteiger partial charge on any atom is -0.368 e. The van der Waals surface area contributed by atoms with Crippen molar-refractivity contribution < 1.29 is 4.74 Å². The van der Waals surface area contributed by atoms with Crippen molar-refractivity contribution in [1.29, 1.82) is 0 Å². The maximum absolute atomic E-state index is 6.30. The number of hydrogen-bond donors (Lipinski definition) is 1. The molecule has 1 heterocycles. The molecule has 0 aromatic rings. The van der Waals surface area contributed by atoms with Crippen LogP contribution in [0.2, 0.25) is 0 Å². The number of ether oxygens (including phenoxy) is 1. The standard InChI is InChI=1S/C15H32N2O/c1-8-9-17(12(2)3)15(11-16)10-13(4,5)18-14(15,6)7/h12H,8-11,16H2,1-7H3. The van der Waals surface area contributed by atoms with Crippen LogP contribution in [0.4, 0.5) is 0 Å². The molecule has 1 saturated heterocycles. The molecule has 1 fully saturated rings. The van der Waals surface area contributed by atoms with Gasteiger partial charge in [0.15, 0.2) is 0 Å². The molecule has 1 atom stereocenters. The van der Waals surface area contributed by atoms with Crippen molar-refractivity contribution in [1.82, 2.24) is 4.90 Å². The van der Waals surface area contributed by atoms with Crippen LogP contribution in [0.3, 0.4) is 0 Å². The average molecular weight is 256 g/mol. The molecular weight excluding hydrogens is 224 g/mol. The maximum atomic E-state index is 6.30. The zero-order chi connectivity index (χ0) is 14.2. The van der Waals surface area contributed by atoms with Gasteiger partial charge in [0, 0.05) is 12.6 Å². The minimum atomic E-state index is -0.204. The van der Waals surface area contributed by atoms with Crippen molar-refractivity contribution in [2.45, 2.75) is 84.1 Å². The molecule has 0 aromatic carbocycles. The molecule has 0 radical (unpaired) electrons. The van der Waals surface area contributed by atoms with Crippen LogP contribution >= 0.6 is 0 Å². The Balaban J connectivity index is 3.18. The quantitative estimate of drug-likeness (QED) is 0.822. The molecule has 3 heteroatoms. The molecular formula is C15H32N2O. The number of nitrogens with two attached hydrogens (primary N) is 1. The molecule has 1 aliphatic heterocycles. The summed E-state index contributed by atoms with van der Waals surface area (Å²) in [6.07, 6.45) is 2.15. The molecule has 1 unspecified atom stereocenters. The van der Waals surface area contributed by atoms with Gasteiger partial charge in [-0.25, -0.2) is 0 Å². The molecule has 0 amide bonds. The third-order valence-electron chi connectivity index (χ3n) is 4.35. The lowest BCUT2D eigenvalue weighted by Crippen LogP contribution is -2.65. The van der Waals surface area contributed by atoms with E-state index in [1.165, 1.54) is 0 Å². The first-order valence-corrected chi connectivity index (χ1v) is 7.29. The third kappa shape index (κ3) is 2.59. The van der Waals surface area contributed by atoms with Crippen LogP contribution in [-0.2, 0) is 4.74 Å². The molecule has 18 heavy (non-hydrogen) atoms. The smallest absolute Gasteiger partial charge is 0.0830 e. The van der Waals surface area contributed by atoms with Crippen molar-refractivity contribution in [3.8, 4) is 0 Å². The van der Waals surface area contributed by atoms with Crippen LogP contribution in [-0.4, -0.2) is 40.8 Å². The van der Waals surface area contributed by atoms with Crippen LogP contribution in [0.1, 0.15) is 61.3 Å². The first-order valence-electron chi connectivity index (χ1n) is 7.29. The summed E-state index contributed by atoms with van der Waals surface area (Å²) in [5.74, 6) is 0. The molecule has 1 rings (SSSR count). The fraction of sp³-hybridized carbons (Fsp3) is 1.00. The van der Waals surface area contributed by atoms with E-state index < -0.39 is 0 Å². The highest BCUT2D eigenvalue weighted by Crippen LogP contribution is 2.48. The van der Waals surface area contributed by atoms with Crippen LogP contribution in [0, 0.1) is 0 Å². The van der Waals surface area contributed by atoms with Gasteiger partial charge in [-0.2, -0.15) is 0 Å². The second-order valence-corrected chi connectivity index (χ2v) is 7.07. The van der Waals surface area contributed by atoms with E-state index in [-0.39, 0.29) is 16.7 Å². The summed E-state index contributed by atoms with van der Waals surface area (Å²) in [5.41, 5.74) is 5.86. The summed E-state index contributed by atoms with van der Waals surface area (Å²) in [6.45, 7) is 17.2. The zero-order valence-corrected chi connectivity index (χ0v) is 13.3. The van der Waals surface area contributed by atoms with Crippen molar-refractivity contribution in [2.24, 2.45) is 5.73 Å². The molecule has 0 saturated carbocycles. The molecule has 0 aromatic heterocycles. The molecule has 1 aliphatic rings. The van der Waals surface area contributed by atoms with Gasteiger partial charge in [0.2, 0.25) is 0 Å². The van der Waals surface area contributed by atoms with E-state index >= 15 is 0 Å².